The Labute approximate surface area is 142 Å². The largest absolute Gasteiger partial charge is 0.365 e. The average molecular weight is 374 g/mol. The van der Waals surface area contributed by atoms with Crippen LogP contribution in [0.25, 0.3) is 0 Å². The quantitative estimate of drug-likeness (QED) is 0.897. The van der Waals surface area contributed by atoms with Crippen molar-refractivity contribution >= 4 is 27.5 Å². The predicted molar refractivity (Wildman–Crippen MR) is 90.8 cm³/mol. The number of nitrogens with zero attached hydrogens (tertiary/aromatic N) is 3. The molecule has 5 nitrogen and oxygen atoms in total. The van der Waals surface area contributed by atoms with E-state index in [4.69, 9.17) is 0 Å². The molecule has 6 heteroatoms. The minimum atomic E-state index is -1.49. The van der Waals surface area contributed by atoms with Crippen molar-refractivity contribution in [1.82, 2.24) is 9.99 Å². The summed E-state index contributed by atoms with van der Waals surface area (Å²) in [5, 5.41) is 16.7. The molecule has 0 saturated heterocycles. The van der Waals surface area contributed by atoms with Gasteiger partial charge in [-0.1, -0.05) is 19.1 Å². The number of amides is 1. The van der Waals surface area contributed by atoms with E-state index in [1.54, 1.807) is 42.7 Å². The fraction of sp³-hybridized carbons (Fsp3) is 0.235. The lowest BCUT2D eigenvalue weighted by Gasteiger charge is -2.31. The smallest absolute Gasteiger partial charge is 0.278 e. The summed E-state index contributed by atoms with van der Waals surface area (Å²) >= 11 is 3.38. The molecule has 2 aromatic rings. The number of halogens is 1. The Kier molecular flexibility index (Phi) is 4.28. The minimum Gasteiger partial charge on any atom is -0.365 e. The van der Waals surface area contributed by atoms with Crippen molar-refractivity contribution in [3.8, 4) is 0 Å². The van der Waals surface area contributed by atoms with Gasteiger partial charge in [0.05, 0.1) is 5.56 Å². The van der Waals surface area contributed by atoms with E-state index in [1.807, 2.05) is 13.0 Å². The lowest BCUT2D eigenvalue weighted by Crippen LogP contribution is -2.43. The Morgan fingerprint density at radius 3 is 2.65 bits per heavy atom. The lowest BCUT2D eigenvalue weighted by atomic mass is 9.97. The van der Waals surface area contributed by atoms with Crippen LogP contribution in [0.4, 0.5) is 0 Å². The summed E-state index contributed by atoms with van der Waals surface area (Å²) in [4.78, 5) is 16.9. The SMILES string of the molecule is CCC1=NN(C(=O)c2ccccc2Br)[C@](O)(c2ccncc2)C1. The van der Waals surface area contributed by atoms with E-state index in [1.165, 1.54) is 5.01 Å². The lowest BCUT2D eigenvalue weighted by molar-refractivity contribution is -0.0766. The number of hydrogen-bond donors (Lipinski definition) is 1. The van der Waals surface area contributed by atoms with E-state index < -0.39 is 5.72 Å². The summed E-state index contributed by atoms with van der Waals surface area (Å²) in [5.74, 6) is -0.347. The van der Waals surface area contributed by atoms with Crippen molar-refractivity contribution in [2.24, 2.45) is 5.10 Å². The minimum absolute atomic E-state index is 0.295. The van der Waals surface area contributed by atoms with Crippen LogP contribution in [-0.2, 0) is 5.72 Å². The topological polar surface area (TPSA) is 65.8 Å². The van der Waals surface area contributed by atoms with E-state index in [0.29, 0.717) is 28.4 Å². The third-order valence-electron chi connectivity index (χ3n) is 3.89. The molecular weight excluding hydrogens is 358 g/mol. The third-order valence-corrected chi connectivity index (χ3v) is 4.58. The second-order valence-corrected chi connectivity index (χ2v) is 6.20. The highest BCUT2D eigenvalue weighted by atomic mass is 79.9. The number of rotatable bonds is 3. The van der Waals surface area contributed by atoms with Crippen LogP contribution >= 0.6 is 15.9 Å². The maximum absolute atomic E-state index is 12.9. The summed E-state index contributed by atoms with van der Waals surface area (Å²) < 4.78 is 0.669. The van der Waals surface area contributed by atoms with Crippen molar-refractivity contribution in [3.05, 3.63) is 64.4 Å². The monoisotopic (exact) mass is 373 g/mol. The van der Waals surface area contributed by atoms with E-state index in [9.17, 15) is 9.90 Å². The van der Waals surface area contributed by atoms with Crippen molar-refractivity contribution in [3.63, 3.8) is 0 Å². The Morgan fingerprint density at radius 2 is 2.00 bits per heavy atom. The highest BCUT2D eigenvalue weighted by molar-refractivity contribution is 9.10. The number of aromatic nitrogens is 1. The molecule has 23 heavy (non-hydrogen) atoms. The Morgan fingerprint density at radius 1 is 1.30 bits per heavy atom. The molecule has 1 aromatic heterocycles. The fourth-order valence-corrected chi connectivity index (χ4v) is 3.07. The first-order chi connectivity index (χ1) is 11.1. The summed E-state index contributed by atoms with van der Waals surface area (Å²) in [6, 6.07) is 10.5. The number of hydrazone groups is 1. The molecule has 1 amide bonds. The van der Waals surface area contributed by atoms with Gasteiger partial charge >= 0.3 is 0 Å². The van der Waals surface area contributed by atoms with E-state index in [-0.39, 0.29) is 5.91 Å². The Hall–Kier alpha value is -2.05. The third kappa shape index (κ3) is 2.80. The first-order valence-corrected chi connectivity index (χ1v) is 8.14. The van der Waals surface area contributed by atoms with Crippen LogP contribution in [0.15, 0.2) is 58.4 Å². The van der Waals surface area contributed by atoms with Gasteiger partial charge in [-0.2, -0.15) is 10.1 Å². The van der Waals surface area contributed by atoms with Crippen molar-refractivity contribution in [2.45, 2.75) is 25.5 Å². The summed E-state index contributed by atoms with van der Waals surface area (Å²) in [5.41, 5.74) is 0.353. The zero-order chi connectivity index (χ0) is 16.4. The van der Waals surface area contributed by atoms with Crippen LogP contribution in [0.2, 0.25) is 0 Å². The molecular formula is C17H16BrN3O2. The van der Waals surface area contributed by atoms with Crippen molar-refractivity contribution in [2.75, 3.05) is 0 Å². The zero-order valence-electron chi connectivity index (χ0n) is 12.6. The predicted octanol–water partition coefficient (Wildman–Crippen LogP) is 3.30. The molecule has 3 rings (SSSR count). The molecule has 1 atom stereocenters. The van der Waals surface area contributed by atoms with Gasteiger partial charge < -0.3 is 5.11 Å². The molecule has 0 fully saturated rings. The number of aliphatic hydroxyl groups is 1. The molecule has 0 spiro atoms. The first-order valence-electron chi connectivity index (χ1n) is 7.34. The molecule has 2 heterocycles. The maximum Gasteiger partial charge on any atom is 0.278 e. The van der Waals surface area contributed by atoms with E-state index in [2.05, 4.69) is 26.0 Å². The van der Waals surface area contributed by atoms with Crippen LogP contribution in [0.5, 0.6) is 0 Å². The zero-order valence-corrected chi connectivity index (χ0v) is 14.2. The Bertz CT molecular complexity index is 763. The molecule has 1 aliphatic heterocycles. The number of carbonyl (C=O) groups excluding carboxylic acids is 1. The van der Waals surface area contributed by atoms with Gasteiger partial charge in [-0.3, -0.25) is 9.78 Å². The molecule has 1 N–H and O–H groups in total. The van der Waals surface area contributed by atoms with Gasteiger partial charge in [-0.05, 0) is 46.6 Å². The molecule has 0 radical (unpaired) electrons. The van der Waals surface area contributed by atoms with Gasteiger partial charge in [0.2, 0.25) is 0 Å². The first kappa shape index (κ1) is 15.8. The fourth-order valence-electron chi connectivity index (χ4n) is 2.62. The Balaban J connectivity index is 2.05. The van der Waals surface area contributed by atoms with Gasteiger partial charge in [-0.15, -0.1) is 0 Å². The van der Waals surface area contributed by atoms with Gasteiger partial charge in [0, 0.05) is 34.6 Å². The van der Waals surface area contributed by atoms with Crippen LogP contribution in [-0.4, -0.2) is 26.7 Å². The van der Waals surface area contributed by atoms with Crippen molar-refractivity contribution < 1.29 is 9.90 Å². The highest BCUT2D eigenvalue weighted by Gasteiger charge is 2.45. The van der Waals surface area contributed by atoms with Crippen LogP contribution in [0.3, 0.4) is 0 Å². The normalized spacial score (nSPS) is 20.5. The summed E-state index contributed by atoms with van der Waals surface area (Å²) in [7, 11) is 0. The van der Waals surface area contributed by atoms with Gasteiger partial charge in [-0.25, -0.2) is 0 Å². The van der Waals surface area contributed by atoms with E-state index in [0.717, 1.165) is 5.71 Å². The summed E-state index contributed by atoms with van der Waals surface area (Å²) in [6.45, 7) is 1.96. The molecule has 1 aliphatic rings. The van der Waals surface area contributed by atoms with E-state index >= 15 is 0 Å². The van der Waals surface area contributed by atoms with Gasteiger partial charge in [0.25, 0.3) is 5.91 Å². The molecule has 0 saturated carbocycles. The van der Waals surface area contributed by atoms with Gasteiger partial charge in [0.15, 0.2) is 5.72 Å². The highest BCUT2D eigenvalue weighted by Crippen LogP contribution is 2.37. The maximum atomic E-state index is 12.9. The van der Waals surface area contributed by atoms with Crippen LogP contribution in [0, 0.1) is 0 Å². The summed E-state index contributed by atoms with van der Waals surface area (Å²) in [6.07, 6.45) is 4.16. The van der Waals surface area contributed by atoms with Crippen LogP contribution in [0.1, 0.15) is 35.7 Å². The molecule has 118 valence electrons. The number of pyridine rings is 1. The van der Waals surface area contributed by atoms with Crippen molar-refractivity contribution in [1.29, 1.82) is 0 Å². The molecule has 1 aromatic carbocycles. The second-order valence-electron chi connectivity index (χ2n) is 5.35. The van der Waals surface area contributed by atoms with Gasteiger partial charge in [0.1, 0.15) is 0 Å². The molecule has 0 bridgehead atoms. The average Bonchev–Trinajstić information content (AvgIpc) is 2.94. The molecule has 0 aliphatic carbocycles. The van der Waals surface area contributed by atoms with Crippen LogP contribution < -0.4 is 0 Å². The number of hydrogen-bond acceptors (Lipinski definition) is 4. The second kappa shape index (κ2) is 6.22. The number of benzene rings is 1. The standard InChI is InChI=1S/C17H16BrN3O2/c1-2-13-11-17(23,12-7-9-19-10-8-12)21(20-13)16(22)14-5-3-4-6-15(14)18/h3-10,23H,2,11H2,1H3/t17-/m1/s1. The molecule has 0 unspecified atom stereocenters. The number of carbonyl (C=O) groups is 1.